The molecule has 1 rings (SSSR count). The van der Waals surface area contributed by atoms with Gasteiger partial charge in [-0.05, 0) is 95.8 Å². The zero-order chi connectivity index (χ0) is 69.7. The number of carbonyl (C=O) groups excluding carboxylic acids is 11. The molecule has 0 aromatic carbocycles. The first-order valence-corrected chi connectivity index (χ1v) is 32.4. The number of nitrogens with one attached hydrogen (secondary N) is 4. The highest BCUT2D eigenvalue weighted by Gasteiger charge is 2.47. The van der Waals surface area contributed by atoms with Crippen molar-refractivity contribution in [2.75, 3.05) is 62.0 Å². The van der Waals surface area contributed by atoms with Crippen molar-refractivity contribution in [2.24, 2.45) is 35.5 Å². The van der Waals surface area contributed by atoms with Crippen molar-refractivity contribution in [3.05, 3.63) is 12.2 Å². The number of likely N-dealkylation sites (N-methyl/N-ethyl adjacent to an activating group) is 6. The third-order valence-electron chi connectivity index (χ3n) is 16.9. The summed E-state index contributed by atoms with van der Waals surface area (Å²) >= 11 is 0. The molecule has 11 amide bonds. The molecule has 0 spiro atoms. The van der Waals surface area contributed by atoms with Crippen LogP contribution in [-0.2, 0) is 57.5 Å². The molecule has 0 aromatic heterocycles. The van der Waals surface area contributed by atoms with Gasteiger partial charge in [-0.25, -0.2) is 0 Å². The molecule has 25 nitrogen and oxygen atoms in total. The number of amides is 11. The Labute approximate surface area is 537 Å². The van der Waals surface area contributed by atoms with E-state index in [1.807, 2.05) is 41.5 Å². The lowest BCUT2D eigenvalue weighted by molar-refractivity contribution is -0.157. The predicted octanol–water partition coefficient (Wildman–Crippen LogP) is 2.79. The number of hydrogen-bond donors (Lipinski definition) is 6. The molecule has 0 radical (unpaired) electrons. The Bertz CT molecular complexity index is 2440. The van der Waals surface area contributed by atoms with Crippen LogP contribution in [0, 0.1) is 35.5 Å². The highest BCUT2D eigenvalue weighted by molar-refractivity contribution is 6.00. The van der Waals surface area contributed by atoms with Crippen LogP contribution < -0.4 is 21.3 Å². The Balaban J connectivity index is 4.53. The van der Waals surface area contributed by atoms with Gasteiger partial charge < -0.3 is 70.5 Å². The zero-order valence-corrected chi connectivity index (χ0v) is 58.9. The Kier molecular flexibility index (Phi) is 34.5. The molecule has 516 valence electrons. The van der Waals surface area contributed by atoms with E-state index < -0.39 is 168 Å². The van der Waals surface area contributed by atoms with Crippen LogP contribution in [0.5, 0.6) is 0 Å². The first-order valence-electron chi connectivity index (χ1n) is 32.4. The van der Waals surface area contributed by atoms with Crippen molar-refractivity contribution in [3.8, 4) is 0 Å². The molecule has 6 N–H and O–H groups in total. The molecule has 1 aliphatic rings. The van der Waals surface area contributed by atoms with E-state index in [-0.39, 0.29) is 63.0 Å². The first-order chi connectivity index (χ1) is 41.8. The quantitative estimate of drug-likeness (QED) is 0.101. The molecule has 0 bridgehead atoms. The van der Waals surface area contributed by atoms with Crippen LogP contribution in [0.25, 0.3) is 0 Å². The van der Waals surface area contributed by atoms with Crippen LogP contribution in [0.2, 0.25) is 0 Å². The number of hydrogen-bond acceptors (Lipinski definition) is 14. The summed E-state index contributed by atoms with van der Waals surface area (Å²) in [6.07, 6.45) is 1.38. The zero-order valence-electron chi connectivity index (χ0n) is 58.9. The molecule has 1 unspecified atom stereocenters. The fourth-order valence-electron chi connectivity index (χ4n) is 11.6. The van der Waals surface area contributed by atoms with E-state index in [0.29, 0.717) is 6.42 Å². The van der Waals surface area contributed by atoms with Gasteiger partial charge in [0.15, 0.2) is 0 Å². The standard InChI is InChI=1S/C65H117N11O14/c1-25-29-41(15)54(78)53-58(82)68-45(27-3)60(84)76(30-26-2)46(28-4)61(85)74(23)52(44(18)90-32-31-77)57(81)69-50(39(11)12)64(88)70(19)47(33-36(5)6)56(80)66-42(16)55(79)67-43(17)59(83)71(20)48(34-37(7)8)62(86)72(21)49(35-38(9)10)63(87)73(22)51(40(13)14)65(89)75(53)24/h25,29,36-54,77-78H,26-28,30-35H2,1-24H3,(H,66,80)(H,67,79)(H,68,82)(H,69,81)/b29-25+/t41-,42+,43-,44-,45+,46-,47+,48+,49+,50+,51+,52?,53+,54-/m1/s1. The second-order valence-corrected chi connectivity index (χ2v) is 26.5. The number of nitrogens with zero attached hydrogens (tertiary/aromatic N) is 7. The monoisotopic (exact) mass is 1280 g/mol. The van der Waals surface area contributed by atoms with Gasteiger partial charge in [-0.1, -0.05) is 109 Å². The second-order valence-electron chi connectivity index (χ2n) is 26.5. The van der Waals surface area contributed by atoms with E-state index in [1.165, 1.54) is 87.6 Å². The van der Waals surface area contributed by atoms with Crippen LogP contribution >= 0.6 is 0 Å². The van der Waals surface area contributed by atoms with E-state index in [1.54, 1.807) is 74.5 Å². The van der Waals surface area contributed by atoms with Gasteiger partial charge in [-0.3, -0.25) is 52.7 Å². The fourth-order valence-corrected chi connectivity index (χ4v) is 11.6. The maximum absolute atomic E-state index is 15.3. The third kappa shape index (κ3) is 22.0. The predicted molar refractivity (Wildman–Crippen MR) is 345 cm³/mol. The van der Waals surface area contributed by atoms with Crippen LogP contribution in [0.1, 0.15) is 163 Å². The van der Waals surface area contributed by atoms with E-state index in [9.17, 15) is 34.2 Å². The fraction of sp³-hybridized carbons (Fsp3) is 0.800. The summed E-state index contributed by atoms with van der Waals surface area (Å²) in [5.41, 5.74) is 0. The highest BCUT2D eigenvalue weighted by atomic mass is 16.5. The number of aliphatic hydroxyl groups excluding tert-OH is 2. The van der Waals surface area contributed by atoms with Crippen molar-refractivity contribution in [1.29, 1.82) is 0 Å². The highest BCUT2D eigenvalue weighted by Crippen LogP contribution is 2.26. The normalized spacial score (nSPS) is 27.2. The topological polar surface area (TPSA) is 308 Å². The van der Waals surface area contributed by atoms with E-state index >= 15 is 28.8 Å². The van der Waals surface area contributed by atoms with Gasteiger partial charge in [0.2, 0.25) is 65.0 Å². The van der Waals surface area contributed by atoms with Gasteiger partial charge in [0, 0.05) is 54.7 Å². The number of aliphatic hydroxyl groups is 2. The molecule has 25 heteroatoms. The van der Waals surface area contributed by atoms with Crippen LogP contribution in [0.15, 0.2) is 12.2 Å². The third-order valence-corrected chi connectivity index (χ3v) is 16.9. The van der Waals surface area contributed by atoms with E-state index in [4.69, 9.17) is 4.74 Å². The largest absolute Gasteiger partial charge is 0.394 e. The molecule has 1 aliphatic heterocycles. The van der Waals surface area contributed by atoms with Crippen LogP contribution in [-0.4, -0.2) is 250 Å². The van der Waals surface area contributed by atoms with Gasteiger partial charge in [-0.2, -0.15) is 0 Å². The summed E-state index contributed by atoms with van der Waals surface area (Å²) in [6.45, 7) is 30.1. The molecule has 0 aromatic rings. The lowest BCUT2D eigenvalue weighted by Gasteiger charge is -2.41. The van der Waals surface area contributed by atoms with E-state index in [2.05, 4.69) is 21.3 Å². The Hall–Kier alpha value is -6.21. The maximum atomic E-state index is 15.3. The minimum absolute atomic E-state index is 0.00563. The summed E-state index contributed by atoms with van der Waals surface area (Å²) < 4.78 is 5.88. The molecule has 14 atom stereocenters. The van der Waals surface area contributed by atoms with Gasteiger partial charge in [0.05, 0.1) is 25.4 Å². The smallest absolute Gasteiger partial charge is 0.246 e. The Morgan fingerprint density at radius 2 is 0.922 bits per heavy atom. The minimum atomic E-state index is -1.67. The lowest BCUT2D eigenvalue weighted by atomic mass is 9.93. The molecular formula is C65H117N11O14. The van der Waals surface area contributed by atoms with Crippen molar-refractivity contribution >= 4 is 65.0 Å². The Morgan fingerprint density at radius 3 is 1.38 bits per heavy atom. The maximum Gasteiger partial charge on any atom is 0.246 e. The Morgan fingerprint density at radius 1 is 0.478 bits per heavy atom. The summed E-state index contributed by atoms with van der Waals surface area (Å²) in [5, 5.41) is 32.9. The molecule has 1 saturated heterocycles. The van der Waals surface area contributed by atoms with Gasteiger partial charge >= 0.3 is 0 Å². The molecular weight excluding hydrogens is 1160 g/mol. The molecule has 0 saturated carbocycles. The molecule has 1 fully saturated rings. The average molecular weight is 1280 g/mol. The summed E-state index contributed by atoms with van der Waals surface area (Å²) in [7, 11) is 8.41. The molecule has 1 heterocycles. The number of ether oxygens (including phenoxy) is 1. The molecule has 90 heavy (non-hydrogen) atoms. The van der Waals surface area contributed by atoms with Crippen molar-refractivity contribution in [2.45, 2.75) is 242 Å². The van der Waals surface area contributed by atoms with Crippen molar-refractivity contribution in [3.63, 3.8) is 0 Å². The van der Waals surface area contributed by atoms with Gasteiger partial charge in [0.1, 0.15) is 66.5 Å². The van der Waals surface area contributed by atoms with E-state index in [0.717, 1.165) is 9.80 Å². The summed E-state index contributed by atoms with van der Waals surface area (Å²) in [6, 6.07) is -14.4. The van der Waals surface area contributed by atoms with Crippen molar-refractivity contribution in [1.82, 2.24) is 55.6 Å². The van der Waals surface area contributed by atoms with Crippen molar-refractivity contribution < 1.29 is 67.7 Å². The second kappa shape index (κ2) is 38.0. The summed E-state index contributed by atoms with van der Waals surface area (Å²) in [5.74, 6) is -10.4. The molecule has 0 aliphatic carbocycles. The van der Waals surface area contributed by atoms with Crippen LogP contribution in [0.3, 0.4) is 0 Å². The number of allylic oxidation sites excluding steroid dienone is 1. The minimum Gasteiger partial charge on any atom is -0.394 e. The van der Waals surface area contributed by atoms with Crippen LogP contribution in [0.4, 0.5) is 0 Å². The lowest BCUT2D eigenvalue weighted by Crippen LogP contribution is -2.64. The average Bonchev–Trinajstić information content (AvgIpc) is 2.68. The van der Waals surface area contributed by atoms with Gasteiger partial charge in [-0.15, -0.1) is 0 Å². The first kappa shape index (κ1) is 81.8. The SMILES string of the molecule is C/C=C/[C@@H](C)[C@@H](O)[C@H]1C(=O)N[C@@H](CC)C(=O)N(CCC)[C@H](CC)C(=O)N(C)C([C@@H](C)OCCO)C(=O)N[C@@H](C(C)C)C(=O)N(C)[C@@H](CC(C)C)C(=O)N[C@@H](C)C(=O)N[C@H](C)C(=O)N(C)[C@@H](CC(C)C)C(=O)N(C)[C@@H](CC(C)C)C(=O)N(C)[C@@H](C(C)C)C(=O)N1C. The number of carbonyl (C=O) groups is 11. The summed E-state index contributed by atoms with van der Waals surface area (Å²) in [4.78, 5) is 172. The number of rotatable bonds is 19. The van der Waals surface area contributed by atoms with Gasteiger partial charge in [0.25, 0.3) is 0 Å².